The lowest BCUT2D eigenvalue weighted by Crippen LogP contribution is -2.39. The van der Waals surface area contributed by atoms with E-state index in [1.807, 2.05) is 0 Å². The molecule has 0 radical (unpaired) electrons. The Balaban J connectivity index is 1.69. The monoisotopic (exact) mass is 433 g/mol. The highest BCUT2D eigenvalue weighted by Crippen LogP contribution is 2.22. The number of rotatable bonds is 6. The largest absolute Gasteiger partial charge is 0.444 e. The molecule has 0 saturated carbocycles. The number of piperidine rings is 1. The van der Waals surface area contributed by atoms with Gasteiger partial charge in [0.15, 0.2) is 0 Å². The van der Waals surface area contributed by atoms with Gasteiger partial charge in [0.2, 0.25) is 5.91 Å². The molecule has 2 fully saturated rings. The van der Waals surface area contributed by atoms with Crippen molar-refractivity contribution in [3.63, 3.8) is 0 Å². The van der Waals surface area contributed by atoms with Gasteiger partial charge in [-0.15, -0.1) is 0 Å². The summed E-state index contributed by atoms with van der Waals surface area (Å²) < 4.78 is 5.41. The van der Waals surface area contributed by atoms with E-state index in [9.17, 15) is 19.5 Å². The van der Waals surface area contributed by atoms with Crippen molar-refractivity contribution < 1.29 is 24.2 Å². The van der Waals surface area contributed by atoms with Crippen molar-refractivity contribution in [3.05, 3.63) is 23.9 Å². The minimum absolute atomic E-state index is 0.0639. The van der Waals surface area contributed by atoms with E-state index in [1.54, 1.807) is 39.1 Å². The van der Waals surface area contributed by atoms with Crippen LogP contribution in [0.15, 0.2) is 18.3 Å². The van der Waals surface area contributed by atoms with E-state index in [-0.39, 0.29) is 24.6 Å². The predicted octanol–water partition coefficient (Wildman–Crippen LogP) is 1.55. The van der Waals surface area contributed by atoms with Gasteiger partial charge < -0.3 is 20.1 Å². The van der Waals surface area contributed by atoms with E-state index in [0.717, 1.165) is 38.0 Å². The summed E-state index contributed by atoms with van der Waals surface area (Å²) in [7, 11) is 0. The number of nitrogens with zero attached hydrogens (tertiary/aromatic N) is 3. The smallest absolute Gasteiger partial charge is 0.408 e. The lowest BCUT2D eigenvalue weighted by Gasteiger charge is -2.31. The number of imide groups is 1. The molecule has 0 aliphatic carbocycles. The van der Waals surface area contributed by atoms with Gasteiger partial charge in [0.05, 0.1) is 12.1 Å². The fourth-order valence-corrected chi connectivity index (χ4v) is 3.62. The maximum Gasteiger partial charge on any atom is 0.408 e. The van der Waals surface area contributed by atoms with Crippen LogP contribution in [0.25, 0.3) is 0 Å². The SMILES string of the molecule is CC(C)(C)OC(=O)N[C@H](CCN1CCC(O)CC1)c1ccc(N2CC(=O)NC2=O)nc1. The van der Waals surface area contributed by atoms with Crippen LogP contribution in [0, 0.1) is 0 Å². The first-order chi connectivity index (χ1) is 14.6. The minimum Gasteiger partial charge on any atom is -0.444 e. The standard InChI is InChI=1S/C21H31N5O5/c1-21(2,3)31-20(30)23-16(8-11-25-9-6-15(27)7-10-25)14-4-5-17(22-12-14)26-13-18(28)24-19(26)29/h4-5,12,15-16,27H,6-11,13H2,1-3H3,(H,23,30)(H,24,28,29)/t16-/m1/s1. The third-order valence-electron chi connectivity index (χ3n) is 5.22. The van der Waals surface area contributed by atoms with Gasteiger partial charge in [0.25, 0.3) is 0 Å². The zero-order valence-corrected chi connectivity index (χ0v) is 18.3. The Kier molecular flexibility index (Phi) is 7.11. The molecule has 2 aliphatic rings. The van der Waals surface area contributed by atoms with E-state index < -0.39 is 17.7 Å². The summed E-state index contributed by atoms with van der Waals surface area (Å²) in [4.78, 5) is 43.5. The molecule has 1 atom stereocenters. The zero-order valence-electron chi connectivity index (χ0n) is 18.3. The van der Waals surface area contributed by atoms with Crippen molar-refractivity contribution in [1.29, 1.82) is 0 Å². The number of amides is 4. The van der Waals surface area contributed by atoms with Crippen LogP contribution in [0.3, 0.4) is 0 Å². The minimum atomic E-state index is -0.616. The fraction of sp³-hybridized carbons (Fsp3) is 0.619. The van der Waals surface area contributed by atoms with E-state index >= 15 is 0 Å². The number of likely N-dealkylation sites (tertiary alicyclic amines) is 1. The number of carbonyl (C=O) groups is 3. The van der Waals surface area contributed by atoms with Crippen molar-refractivity contribution in [3.8, 4) is 0 Å². The van der Waals surface area contributed by atoms with Crippen molar-refractivity contribution in [2.24, 2.45) is 0 Å². The summed E-state index contributed by atoms with van der Waals surface area (Å²) in [5.74, 6) is 0.000122. The van der Waals surface area contributed by atoms with Crippen LogP contribution in [-0.4, -0.2) is 70.9 Å². The summed E-state index contributed by atoms with van der Waals surface area (Å²) in [5, 5.41) is 14.8. The average Bonchev–Trinajstić information content (AvgIpc) is 3.03. The number of carbonyl (C=O) groups excluding carboxylic acids is 3. The number of nitrogens with one attached hydrogen (secondary N) is 2. The van der Waals surface area contributed by atoms with Gasteiger partial charge >= 0.3 is 12.1 Å². The molecule has 2 saturated heterocycles. The number of aromatic nitrogens is 1. The summed E-state index contributed by atoms with van der Waals surface area (Å²) in [6.45, 7) is 7.73. The normalized spacial score (nSPS) is 19.3. The molecule has 1 aromatic rings. The predicted molar refractivity (Wildman–Crippen MR) is 114 cm³/mol. The third-order valence-corrected chi connectivity index (χ3v) is 5.22. The Hall–Kier alpha value is -2.72. The molecule has 3 N–H and O–H groups in total. The second-order valence-electron chi connectivity index (χ2n) is 8.95. The summed E-state index contributed by atoms with van der Waals surface area (Å²) in [6.07, 6.45) is 2.99. The van der Waals surface area contributed by atoms with Crippen molar-refractivity contribution in [2.45, 2.75) is 57.8 Å². The van der Waals surface area contributed by atoms with Gasteiger partial charge in [0, 0.05) is 25.8 Å². The Labute approximate surface area is 181 Å². The molecule has 10 heteroatoms. The van der Waals surface area contributed by atoms with E-state index in [1.165, 1.54) is 4.90 Å². The topological polar surface area (TPSA) is 124 Å². The molecule has 0 aromatic carbocycles. The molecular weight excluding hydrogens is 402 g/mol. The number of aliphatic hydroxyl groups is 1. The number of urea groups is 1. The molecule has 31 heavy (non-hydrogen) atoms. The summed E-state index contributed by atoms with van der Waals surface area (Å²) in [6, 6.07) is 2.62. The number of pyridine rings is 1. The molecule has 170 valence electrons. The van der Waals surface area contributed by atoms with E-state index in [4.69, 9.17) is 4.74 Å². The lowest BCUT2D eigenvalue weighted by molar-refractivity contribution is -0.117. The number of anilines is 1. The first kappa shape index (κ1) is 23.0. The molecule has 3 heterocycles. The number of ether oxygens (including phenoxy) is 1. The number of hydrogen-bond acceptors (Lipinski definition) is 7. The molecular formula is C21H31N5O5. The Morgan fingerprint density at radius 3 is 2.58 bits per heavy atom. The maximum absolute atomic E-state index is 12.4. The molecule has 0 spiro atoms. The Morgan fingerprint density at radius 2 is 2.03 bits per heavy atom. The van der Waals surface area contributed by atoms with Crippen LogP contribution < -0.4 is 15.5 Å². The molecule has 3 rings (SSSR count). The zero-order chi connectivity index (χ0) is 22.6. The van der Waals surface area contributed by atoms with Gasteiger partial charge in [-0.2, -0.15) is 0 Å². The van der Waals surface area contributed by atoms with Crippen LogP contribution in [0.4, 0.5) is 15.4 Å². The molecule has 4 amide bonds. The number of aliphatic hydroxyl groups excluding tert-OH is 1. The van der Waals surface area contributed by atoms with Crippen LogP contribution in [0.2, 0.25) is 0 Å². The highest BCUT2D eigenvalue weighted by Gasteiger charge is 2.29. The number of hydrogen-bond donors (Lipinski definition) is 3. The molecule has 2 aliphatic heterocycles. The number of alkyl carbamates (subject to hydrolysis) is 1. The quantitative estimate of drug-likeness (QED) is 0.582. The van der Waals surface area contributed by atoms with Crippen LogP contribution >= 0.6 is 0 Å². The van der Waals surface area contributed by atoms with Crippen LogP contribution in [0.5, 0.6) is 0 Å². The van der Waals surface area contributed by atoms with E-state index in [2.05, 4.69) is 20.5 Å². The highest BCUT2D eigenvalue weighted by atomic mass is 16.6. The Bertz CT molecular complexity index is 799. The summed E-state index contributed by atoms with van der Waals surface area (Å²) >= 11 is 0. The van der Waals surface area contributed by atoms with Crippen molar-refractivity contribution in [2.75, 3.05) is 31.1 Å². The molecule has 0 unspecified atom stereocenters. The summed E-state index contributed by atoms with van der Waals surface area (Å²) in [5.41, 5.74) is 0.160. The third kappa shape index (κ3) is 6.63. The van der Waals surface area contributed by atoms with Gasteiger partial charge in [-0.3, -0.25) is 15.0 Å². The Morgan fingerprint density at radius 1 is 1.32 bits per heavy atom. The average molecular weight is 434 g/mol. The maximum atomic E-state index is 12.4. The van der Waals surface area contributed by atoms with Crippen molar-refractivity contribution >= 4 is 23.8 Å². The fourth-order valence-electron chi connectivity index (χ4n) is 3.62. The molecule has 1 aromatic heterocycles. The first-order valence-corrected chi connectivity index (χ1v) is 10.6. The van der Waals surface area contributed by atoms with Gasteiger partial charge in [-0.1, -0.05) is 6.07 Å². The lowest BCUT2D eigenvalue weighted by atomic mass is 10.0. The van der Waals surface area contributed by atoms with E-state index in [0.29, 0.717) is 12.2 Å². The van der Waals surface area contributed by atoms with Crippen LogP contribution in [-0.2, 0) is 9.53 Å². The van der Waals surface area contributed by atoms with Gasteiger partial charge in [0.1, 0.15) is 18.0 Å². The second kappa shape index (κ2) is 9.61. The molecule has 0 bridgehead atoms. The van der Waals surface area contributed by atoms with Gasteiger partial charge in [-0.25, -0.2) is 14.6 Å². The highest BCUT2D eigenvalue weighted by molar-refractivity contribution is 6.11. The molecule has 10 nitrogen and oxygen atoms in total. The van der Waals surface area contributed by atoms with Crippen LogP contribution in [0.1, 0.15) is 51.6 Å². The van der Waals surface area contributed by atoms with Gasteiger partial charge in [-0.05, 0) is 51.7 Å². The van der Waals surface area contributed by atoms with Crippen molar-refractivity contribution in [1.82, 2.24) is 20.5 Å². The second-order valence-corrected chi connectivity index (χ2v) is 8.95. The first-order valence-electron chi connectivity index (χ1n) is 10.6.